The summed E-state index contributed by atoms with van der Waals surface area (Å²) in [5, 5.41) is 3.02. The Balaban J connectivity index is 2.49. The van der Waals surface area contributed by atoms with Crippen LogP contribution >= 0.6 is 0 Å². The Hall–Kier alpha value is -0.650. The first-order valence-corrected chi connectivity index (χ1v) is 7.51. The third-order valence-corrected chi connectivity index (χ3v) is 4.27. The highest BCUT2D eigenvalue weighted by Gasteiger charge is 2.32. The smallest absolute Gasteiger partial charge is 0.237 e. The number of carbonyl (C=O) groups excluding carboxylic acids is 1. The molecule has 1 saturated heterocycles. The van der Waals surface area contributed by atoms with Crippen LogP contribution in [-0.4, -0.2) is 67.1 Å². The van der Waals surface area contributed by atoms with Gasteiger partial charge in [0.25, 0.3) is 0 Å². The number of rotatable bonds is 4. The van der Waals surface area contributed by atoms with Gasteiger partial charge in [-0.1, -0.05) is 20.8 Å². The molecule has 118 valence electrons. The Bertz CT molecular complexity index is 327. The first kappa shape index (κ1) is 17.4. The lowest BCUT2D eigenvalue weighted by molar-refractivity contribution is -0.125. The average Bonchev–Trinajstić information content (AvgIpc) is 2.34. The fraction of sp³-hybridized carbons (Fsp3) is 0.933. The van der Waals surface area contributed by atoms with Crippen molar-refractivity contribution in [3.63, 3.8) is 0 Å². The average molecular weight is 284 g/mol. The van der Waals surface area contributed by atoms with Crippen molar-refractivity contribution in [1.29, 1.82) is 0 Å². The van der Waals surface area contributed by atoms with Gasteiger partial charge in [0, 0.05) is 38.3 Å². The Morgan fingerprint density at radius 1 is 1.15 bits per heavy atom. The maximum absolute atomic E-state index is 12.1. The van der Waals surface area contributed by atoms with Crippen LogP contribution in [-0.2, 0) is 4.79 Å². The summed E-state index contributed by atoms with van der Waals surface area (Å²) >= 11 is 0. The van der Waals surface area contributed by atoms with E-state index in [9.17, 15) is 4.79 Å². The third kappa shape index (κ3) is 4.72. The van der Waals surface area contributed by atoms with E-state index in [-0.39, 0.29) is 16.9 Å². The van der Waals surface area contributed by atoms with Crippen molar-refractivity contribution in [3.05, 3.63) is 0 Å². The zero-order chi connectivity index (χ0) is 15.6. The van der Waals surface area contributed by atoms with Gasteiger partial charge in [-0.05, 0) is 26.3 Å². The van der Waals surface area contributed by atoms with Gasteiger partial charge >= 0.3 is 0 Å². The summed E-state index contributed by atoms with van der Waals surface area (Å²) in [5.41, 5.74) is 5.75. The summed E-state index contributed by atoms with van der Waals surface area (Å²) in [6, 6.07) is -0.467. The lowest BCUT2D eigenvalue weighted by atomic mass is 9.87. The van der Waals surface area contributed by atoms with E-state index in [1.807, 2.05) is 20.8 Å². The van der Waals surface area contributed by atoms with Gasteiger partial charge in [-0.2, -0.15) is 0 Å². The molecule has 0 radical (unpaired) electrons. The number of nitrogens with zero attached hydrogens (tertiary/aromatic N) is 2. The van der Waals surface area contributed by atoms with Crippen LogP contribution in [0.2, 0.25) is 0 Å². The first-order valence-electron chi connectivity index (χ1n) is 7.51. The van der Waals surface area contributed by atoms with E-state index < -0.39 is 6.04 Å². The highest BCUT2D eigenvalue weighted by molar-refractivity contribution is 5.82. The summed E-state index contributed by atoms with van der Waals surface area (Å²) < 4.78 is 0. The van der Waals surface area contributed by atoms with Crippen molar-refractivity contribution in [2.24, 2.45) is 11.1 Å². The topological polar surface area (TPSA) is 61.6 Å². The molecule has 5 nitrogen and oxygen atoms in total. The van der Waals surface area contributed by atoms with Crippen molar-refractivity contribution in [3.8, 4) is 0 Å². The molecule has 1 rings (SSSR count). The number of amides is 1. The Morgan fingerprint density at radius 2 is 1.65 bits per heavy atom. The van der Waals surface area contributed by atoms with Crippen LogP contribution in [0.15, 0.2) is 0 Å². The molecule has 20 heavy (non-hydrogen) atoms. The molecule has 1 heterocycles. The van der Waals surface area contributed by atoms with E-state index >= 15 is 0 Å². The second-order valence-corrected chi connectivity index (χ2v) is 7.66. The summed E-state index contributed by atoms with van der Waals surface area (Å²) in [4.78, 5) is 16.9. The van der Waals surface area contributed by atoms with Gasteiger partial charge in [0.1, 0.15) is 0 Å². The van der Waals surface area contributed by atoms with E-state index in [0.29, 0.717) is 6.54 Å². The molecule has 0 aromatic carbocycles. The maximum atomic E-state index is 12.1. The predicted octanol–water partition coefficient (Wildman–Crippen LogP) is 0.502. The molecule has 1 amide bonds. The molecule has 1 aliphatic rings. The monoisotopic (exact) mass is 284 g/mol. The van der Waals surface area contributed by atoms with Gasteiger partial charge < -0.3 is 16.0 Å². The molecule has 1 aliphatic heterocycles. The van der Waals surface area contributed by atoms with Gasteiger partial charge in [-0.3, -0.25) is 9.69 Å². The minimum atomic E-state index is -0.467. The second-order valence-electron chi connectivity index (χ2n) is 7.66. The quantitative estimate of drug-likeness (QED) is 0.789. The van der Waals surface area contributed by atoms with Crippen LogP contribution in [0.25, 0.3) is 0 Å². The molecule has 0 spiro atoms. The minimum absolute atomic E-state index is 0.0332. The molecule has 0 saturated carbocycles. The number of nitrogens with two attached hydrogens (primary N) is 1. The molecule has 5 heteroatoms. The fourth-order valence-corrected chi connectivity index (χ4v) is 2.33. The third-order valence-electron chi connectivity index (χ3n) is 4.27. The maximum Gasteiger partial charge on any atom is 0.237 e. The highest BCUT2D eigenvalue weighted by atomic mass is 16.2. The molecule has 0 aromatic heterocycles. The van der Waals surface area contributed by atoms with E-state index in [1.165, 1.54) is 0 Å². The SMILES string of the molecule is CN1CCN(C(C)(C)CNC(=O)[C@H](N)C(C)(C)C)CC1. The van der Waals surface area contributed by atoms with Gasteiger partial charge in [0.15, 0.2) is 0 Å². The van der Waals surface area contributed by atoms with E-state index in [0.717, 1.165) is 26.2 Å². The number of carbonyl (C=O) groups is 1. The molecule has 3 N–H and O–H groups in total. The molecule has 0 unspecified atom stereocenters. The van der Waals surface area contributed by atoms with Crippen LogP contribution in [0.5, 0.6) is 0 Å². The molecular formula is C15H32N4O. The van der Waals surface area contributed by atoms with Gasteiger partial charge in [-0.25, -0.2) is 0 Å². The largest absolute Gasteiger partial charge is 0.353 e. The Labute approximate surface area is 123 Å². The van der Waals surface area contributed by atoms with Crippen molar-refractivity contribution >= 4 is 5.91 Å². The number of hydrogen-bond donors (Lipinski definition) is 2. The van der Waals surface area contributed by atoms with Gasteiger partial charge in [0.2, 0.25) is 5.91 Å². The number of hydrogen-bond acceptors (Lipinski definition) is 4. The van der Waals surface area contributed by atoms with E-state index in [2.05, 4.69) is 36.0 Å². The molecular weight excluding hydrogens is 252 g/mol. The lowest BCUT2D eigenvalue weighted by Crippen LogP contribution is -2.59. The van der Waals surface area contributed by atoms with Crippen molar-refractivity contribution in [2.45, 2.75) is 46.2 Å². The van der Waals surface area contributed by atoms with Crippen LogP contribution in [0.4, 0.5) is 0 Å². The minimum Gasteiger partial charge on any atom is -0.353 e. The molecule has 1 fully saturated rings. The lowest BCUT2D eigenvalue weighted by Gasteiger charge is -2.43. The molecule has 0 aromatic rings. The van der Waals surface area contributed by atoms with Crippen molar-refractivity contribution in [2.75, 3.05) is 39.8 Å². The second kappa shape index (κ2) is 6.41. The van der Waals surface area contributed by atoms with Crippen LogP contribution in [0, 0.1) is 5.41 Å². The normalized spacial score (nSPS) is 20.8. The standard InChI is InChI=1S/C15H32N4O/c1-14(2,3)12(16)13(20)17-11-15(4,5)19-9-7-18(6)8-10-19/h12H,7-11,16H2,1-6H3,(H,17,20)/t12-/m0/s1. The van der Waals surface area contributed by atoms with Gasteiger partial charge in [0.05, 0.1) is 6.04 Å². The van der Waals surface area contributed by atoms with Crippen LogP contribution < -0.4 is 11.1 Å². The number of nitrogens with one attached hydrogen (secondary N) is 1. The summed E-state index contributed by atoms with van der Waals surface area (Å²) in [6.45, 7) is 15.2. The van der Waals surface area contributed by atoms with Gasteiger partial charge in [-0.15, -0.1) is 0 Å². The zero-order valence-electron chi connectivity index (χ0n) is 14.0. The van der Waals surface area contributed by atoms with Crippen LogP contribution in [0.3, 0.4) is 0 Å². The predicted molar refractivity (Wildman–Crippen MR) is 83.6 cm³/mol. The Morgan fingerprint density at radius 3 is 2.10 bits per heavy atom. The van der Waals surface area contributed by atoms with Crippen LogP contribution in [0.1, 0.15) is 34.6 Å². The van der Waals surface area contributed by atoms with Crippen molar-refractivity contribution < 1.29 is 4.79 Å². The fourth-order valence-electron chi connectivity index (χ4n) is 2.33. The van der Waals surface area contributed by atoms with E-state index in [4.69, 9.17) is 5.73 Å². The van der Waals surface area contributed by atoms with Crippen molar-refractivity contribution in [1.82, 2.24) is 15.1 Å². The zero-order valence-corrected chi connectivity index (χ0v) is 14.0. The van der Waals surface area contributed by atoms with E-state index in [1.54, 1.807) is 0 Å². The number of piperazine rings is 1. The molecule has 1 atom stereocenters. The summed E-state index contributed by atoms with van der Waals surface area (Å²) in [7, 11) is 2.15. The Kier molecular flexibility index (Phi) is 5.58. The highest BCUT2D eigenvalue weighted by Crippen LogP contribution is 2.19. The first-order chi connectivity index (χ1) is 9.04. The molecule has 0 bridgehead atoms. The summed E-state index contributed by atoms with van der Waals surface area (Å²) in [5.74, 6) is -0.0558. The number of likely N-dealkylation sites (N-methyl/N-ethyl adjacent to an activating group) is 1. The summed E-state index contributed by atoms with van der Waals surface area (Å²) in [6.07, 6.45) is 0. The molecule has 0 aliphatic carbocycles.